The zero-order valence-electron chi connectivity index (χ0n) is 12.2. The van der Waals surface area contributed by atoms with Crippen LogP contribution in [-0.4, -0.2) is 24.2 Å². The van der Waals surface area contributed by atoms with E-state index in [4.69, 9.17) is 40.2 Å². The van der Waals surface area contributed by atoms with Crippen LogP contribution in [0.5, 0.6) is 0 Å². The second-order valence-electron chi connectivity index (χ2n) is 4.46. The van der Waals surface area contributed by atoms with Crippen LogP contribution in [0.15, 0.2) is 30.9 Å². The first-order valence-corrected chi connectivity index (χ1v) is 7.84. The van der Waals surface area contributed by atoms with E-state index in [1.807, 2.05) is 12.1 Å². The molecule has 4 nitrogen and oxygen atoms in total. The SMILES string of the molecule is C=CCC(NC(=S)NCCOC(C)=O)c1cccc(Cl)c1Cl. The Balaban J connectivity index is 2.64. The lowest BCUT2D eigenvalue weighted by Gasteiger charge is -2.21. The van der Waals surface area contributed by atoms with Crippen molar-refractivity contribution in [3.63, 3.8) is 0 Å². The second-order valence-corrected chi connectivity index (χ2v) is 5.65. The number of ether oxygens (including phenoxy) is 1. The molecule has 0 aliphatic heterocycles. The highest BCUT2D eigenvalue weighted by Crippen LogP contribution is 2.31. The van der Waals surface area contributed by atoms with E-state index in [2.05, 4.69) is 17.2 Å². The zero-order chi connectivity index (χ0) is 16.5. The Hall–Kier alpha value is -1.30. The Bertz CT molecular complexity index is 552. The van der Waals surface area contributed by atoms with Gasteiger partial charge in [0.1, 0.15) is 6.61 Å². The number of carbonyl (C=O) groups is 1. The van der Waals surface area contributed by atoms with Gasteiger partial charge < -0.3 is 15.4 Å². The number of benzene rings is 1. The van der Waals surface area contributed by atoms with Crippen molar-refractivity contribution in [3.05, 3.63) is 46.5 Å². The molecule has 0 aliphatic carbocycles. The van der Waals surface area contributed by atoms with E-state index in [9.17, 15) is 4.79 Å². The average molecular weight is 361 g/mol. The van der Waals surface area contributed by atoms with Crippen LogP contribution < -0.4 is 10.6 Å². The molecule has 0 bridgehead atoms. The number of halogens is 2. The highest BCUT2D eigenvalue weighted by atomic mass is 35.5. The van der Waals surface area contributed by atoms with Crippen molar-refractivity contribution in [3.8, 4) is 0 Å². The van der Waals surface area contributed by atoms with Gasteiger partial charge in [0.15, 0.2) is 5.11 Å². The minimum atomic E-state index is -0.323. The monoisotopic (exact) mass is 360 g/mol. The zero-order valence-corrected chi connectivity index (χ0v) is 14.5. The van der Waals surface area contributed by atoms with Crippen LogP contribution in [0.2, 0.25) is 10.0 Å². The van der Waals surface area contributed by atoms with Gasteiger partial charge in [-0.1, -0.05) is 41.4 Å². The molecule has 0 aliphatic rings. The number of nitrogens with one attached hydrogen (secondary N) is 2. The first-order valence-electron chi connectivity index (χ1n) is 6.68. The first-order chi connectivity index (χ1) is 10.5. The second kappa shape index (κ2) is 9.66. The third-order valence-electron chi connectivity index (χ3n) is 2.76. The summed E-state index contributed by atoms with van der Waals surface area (Å²) < 4.78 is 4.82. The summed E-state index contributed by atoms with van der Waals surface area (Å²) in [5, 5.41) is 7.54. The summed E-state index contributed by atoms with van der Waals surface area (Å²) in [6.45, 7) is 5.78. The molecule has 0 amide bonds. The predicted molar refractivity (Wildman–Crippen MR) is 94.4 cm³/mol. The lowest BCUT2D eigenvalue weighted by molar-refractivity contribution is -0.140. The molecule has 1 aromatic rings. The summed E-state index contributed by atoms with van der Waals surface area (Å²) in [5.41, 5.74) is 0.846. The number of esters is 1. The van der Waals surface area contributed by atoms with E-state index < -0.39 is 0 Å². The fraction of sp³-hybridized carbons (Fsp3) is 0.333. The molecule has 0 aromatic heterocycles. The molecular formula is C15H18Cl2N2O2S. The predicted octanol–water partition coefficient (Wildman–Crippen LogP) is 3.64. The van der Waals surface area contributed by atoms with Gasteiger partial charge in [0.25, 0.3) is 0 Å². The molecule has 1 atom stereocenters. The minimum Gasteiger partial charge on any atom is -0.464 e. The molecule has 0 saturated carbocycles. The number of rotatable bonds is 7. The lowest BCUT2D eigenvalue weighted by atomic mass is 10.0. The molecule has 0 saturated heterocycles. The van der Waals surface area contributed by atoms with E-state index in [0.29, 0.717) is 28.1 Å². The van der Waals surface area contributed by atoms with E-state index in [1.165, 1.54) is 6.92 Å². The Morgan fingerprint density at radius 3 is 2.86 bits per heavy atom. The Morgan fingerprint density at radius 1 is 1.50 bits per heavy atom. The Kier molecular flexibility index (Phi) is 8.24. The summed E-state index contributed by atoms with van der Waals surface area (Å²) >= 11 is 17.5. The molecule has 7 heteroatoms. The van der Waals surface area contributed by atoms with Crippen molar-refractivity contribution in [2.24, 2.45) is 0 Å². The maximum absolute atomic E-state index is 10.7. The molecule has 120 valence electrons. The van der Waals surface area contributed by atoms with Crippen molar-refractivity contribution in [1.82, 2.24) is 10.6 Å². The number of thiocarbonyl (C=S) groups is 1. The number of carbonyl (C=O) groups excluding carboxylic acids is 1. The maximum Gasteiger partial charge on any atom is 0.302 e. The molecular weight excluding hydrogens is 343 g/mol. The van der Waals surface area contributed by atoms with Gasteiger partial charge in [0.05, 0.1) is 22.6 Å². The van der Waals surface area contributed by atoms with Crippen LogP contribution in [0, 0.1) is 0 Å². The van der Waals surface area contributed by atoms with Crippen LogP contribution >= 0.6 is 35.4 Å². The summed E-state index contributed by atoms with van der Waals surface area (Å²) in [4.78, 5) is 10.7. The molecule has 1 rings (SSSR count). The number of hydrogen-bond acceptors (Lipinski definition) is 3. The Morgan fingerprint density at radius 2 is 2.23 bits per heavy atom. The quantitative estimate of drug-likeness (QED) is 0.336. The highest BCUT2D eigenvalue weighted by molar-refractivity contribution is 7.80. The lowest BCUT2D eigenvalue weighted by Crippen LogP contribution is -2.39. The van der Waals surface area contributed by atoms with Crippen molar-refractivity contribution in [2.45, 2.75) is 19.4 Å². The standard InChI is InChI=1S/C15H18Cl2N2O2S/c1-3-5-13(11-6-4-7-12(16)14(11)17)19-15(22)18-8-9-21-10(2)20/h3-4,6-7,13H,1,5,8-9H2,2H3,(H2,18,19,22). The van der Waals surface area contributed by atoms with Crippen molar-refractivity contribution in [1.29, 1.82) is 0 Å². The van der Waals surface area contributed by atoms with Gasteiger partial charge in [0, 0.05) is 6.92 Å². The molecule has 1 unspecified atom stereocenters. The minimum absolute atomic E-state index is 0.141. The van der Waals surface area contributed by atoms with Gasteiger partial charge in [0.2, 0.25) is 0 Å². The van der Waals surface area contributed by atoms with Crippen molar-refractivity contribution < 1.29 is 9.53 Å². The van der Waals surface area contributed by atoms with Gasteiger partial charge in [-0.05, 0) is 30.3 Å². The van der Waals surface area contributed by atoms with Crippen LogP contribution in [0.1, 0.15) is 24.9 Å². The maximum atomic E-state index is 10.7. The first kappa shape index (κ1) is 18.7. The highest BCUT2D eigenvalue weighted by Gasteiger charge is 2.16. The molecule has 22 heavy (non-hydrogen) atoms. The number of hydrogen-bond donors (Lipinski definition) is 2. The topological polar surface area (TPSA) is 50.4 Å². The van der Waals surface area contributed by atoms with Gasteiger partial charge >= 0.3 is 5.97 Å². The summed E-state index contributed by atoms with van der Waals surface area (Å²) in [6, 6.07) is 5.31. The summed E-state index contributed by atoms with van der Waals surface area (Å²) in [5.74, 6) is -0.323. The van der Waals surface area contributed by atoms with Gasteiger partial charge in [-0.3, -0.25) is 4.79 Å². The molecule has 0 heterocycles. The fourth-order valence-corrected chi connectivity index (χ4v) is 2.47. The fourth-order valence-electron chi connectivity index (χ4n) is 1.79. The summed E-state index contributed by atoms with van der Waals surface area (Å²) in [7, 11) is 0. The molecule has 1 aromatic carbocycles. The Labute approximate surface area is 145 Å². The smallest absolute Gasteiger partial charge is 0.302 e. The van der Waals surface area contributed by atoms with Crippen LogP contribution in [0.25, 0.3) is 0 Å². The van der Waals surface area contributed by atoms with Crippen molar-refractivity contribution in [2.75, 3.05) is 13.2 Å². The van der Waals surface area contributed by atoms with Crippen LogP contribution in [0.3, 0.4) is 0 Å². The van der Waals surface area contributed by atoms with Crippen molar-refractivity contribution >= 4 is 46.5 Å². The van der Waals surface area contributed by atoms with Gasteiger partial charge in [-0.15, -0.1) is 6.58 Å². The van der Waals surface area contributed by atoms with E-state index in [0.717, 1.165) is 5.56 Å². The van der Waals surface area contributed by atoms with Crippen LogP contribution in [-0.2, 0) is 9.53 Å². The van der Waals surface area contributed by atoms with E-state index >= 15 is 0 Å². The molecule has 0 spiro atoms. The van der Waals surface area contributed by atoms with Gasteiger partial charge in [-0.2, -0.15) is 0 Å². The normalized spacial score (nSPS) is 11.4. The van der Waals surface area contributed by atoms with Crippen LogP contribution in [0.4, 0.5) is 0 Å². The van der Waals surface area contributed by atoms with E-state index in [1.54, 1.807) is 12.1 Å². The average Bonchev–Trinajstić information content (AvgIpc) is 2.46. The third kappa shape index (κ3) is 6.22. The molecule has 2 N–H and O–H groups in total. The molecule has 0 radical (unpaired) electrons. The van der Waals surface area contributed by atoms with Gasteiger partial charge in [-0.25, -0.2) is 0 Å². The largest absolute Gasteiger partial charge is 0.464 e. The van der Waals surface area contributed by atoms with E-state index in [-0.39, 0.29) is 18.6 Å². The third-order valence-corrected chi connectivity index (χ3v) is 3.85. The molecule has 0 fully saturated rings. The summed E-state index contributed by atoms with van der Waals surface area (Å²) in [6.07, 6.45) is 2.40.